The van der Waals surface area contributed by atoms with Crippen LogP contribution in [0.4, 0.5) is 4.39 Å². The van der Waals surface area contributed by atoms with Crippen LogP contribution in [0.1, 0.15) is 31.0 Å². The summed E-state index contributed by atoms with van der Waals surface area (Å²) in [4.78, 5) is 42.6. The number of benzene rings is 2. The zero-order valence-corrected chi connectivity index (χ0v) is 20.1. The number of thiazole rings is 1. The highest BCUT2D eigenvalue weighted by atomic mass is 32.1. The lowest BCUT2D eigenvalue weighted by Gasteiger charge is -2.25. The molecule has 180 valence electrons. The second kappa shape index (κ2) is 9.67. The third-order valence-corrected chi connectivity index (χ3v) is 6.33. The van der Waals surface area contributed by atoms with Gasteiger partial charge in [0.15, 0.2) is 16.3 Å². The number of halogens is 1. The number of carbonyl (C=O) groups excluding carboxylic acids is 2. The minimum absolute atomic E-state index is 0.190. The molecule has 0 saturated heterocycles. The van der Waals surface area contributed by atoms with Crippen LogP contribution < -0.4 is 24.4 Å². The van der Waals surface area contributed by atoms with Gasteiger partial charge in [-0.3, -0.25) is 14.2 Å². The SMILES string of the molecule is COC(=O)C1=C(C)N=c2s/c(=C\c3ccc(F)cc3)c(=O)n2[C@@H]1c1ccc(OC(C)=O)c(OC)c1. The quantitative estimate of drug-likeness (QED) is 0.398. The fraction of sp³-hybridized carbons (Fsp3) is 0.200. The summed E-state index contributed by atoms with van der Waals surface area (Å²) in [5.74, 6) is -1.08. The molecule has 35 heavy (non-hydrogen) atoms. The molecule has 3 aromatic rings. The topological polar surface area (TPSA) is 96.2 Å². The molecule has 1 aliphatic rings. The van der Waals surface area contributed by atoms with Gasteiger partial charge >= 0.3 is 11.9 Å². The molecule has 0 amide bonds. The summed E-state index contributed by atoms with van der Waals surface area (Å²) >= 11 is 1.15. The molecule has 0 fully saturated rings. The average molecular weight is 497 g/mol. The Morgan fingerprint density at radius 3 is 2.46 bits per heavy atom. The largest absolute Gasteiger partial charge is 0.493 e. The Hall–Kier alpha value is -4.05. The second-order valence-corrected chi connectivity index (χ2v) is 8.64. The molecule has 1 atom stereocenters. The van der Waals surface area contributed by atoms with Crippen LogP contribution in [0.25, 0.3) is 6.08 Å². The van der Waals surface area contributed by atoms with Crippen LogP contribution in [0.2, 0.25) is 0 Å². The molecule has 1 aliphatic heterocycles. The normalized spacial score (nSPS) is 15.3. The van der Waals surface area contributed by atoms with E-state index in [1.165, 1.54) is 43.9 Å². The van der Waals surface area contributed by atoms with Gasteiger partial charge in [-0.1, -0.05) is 29.5 Å². The Labute approximate surface area is 203 Å². The average Bonchev–Trinajstić information content (AvgIpc) is 3.13. The number of hydrogen-bond acceptors (Lipinski definition) is 8. The van der Waals surface area contributed by atoms with E-state index >= 15 is 0 Å². The summed E-state index contributed by atoms with van der Waals surface area (Å²) in [6.07, 6.45) is 1.64. The zero-order chi connectivity index (χ0) is 25.3. The lowest BCUT2D eigenvalue weighted by Crippen LogP contribution is -2.39. The fourth-order valence-electron chi connectivity index (χ4n) is 3.81. The molecule has 0 spiro atoms. The van der Waals surface area contributed by atoms with E-state index in [1.807, 2.05) is 0 Å². The summed E-state index contributed by atoms with van der Waals surface area (Å²) in [6, 6.07) is 9.66. The summed E-state index contributed by atoms with van der Waals surface area (Å²) in [7, 11) is 2.67. The Kier molecular flexibility index (Phi) is 6.65. The van der Waals surface area contributed by atoms with Gasteiger partial charge < -0.3 is 14.2 Å². The molecule has 0 saturated carbocycles. The van der Waals surface area contributed by atoms with Crippen molar-refractivity contribution in [2.45, 2.75) is 19.9 Å². The van der Waals surface area contributed by atoms with Crippen molar-refractivity contribution < 1.29 is 28.2 Å². The van der Waals surface area contributed by atoms with Crippen LogP contribution in [0.15, 0.2) is 63.5 Å². The number of aromatic nitrogens is 1. The molecule has 8 nitrogen and oxygen atoms in total. The van der Waals surface area contributed by atoms with E-state index in [9.17, 15) is 18.8 Å². The molecule has 1 aromatic heterocycles. The molecule has 4 rings (SSSR count). The third kappa shape index (κ3) is 4.65. The Balaban J connectivity index is 1.95. The highest BCUT2D eigenvalue weighted by Crippen LogP contribution is 2.36. The van der Waals surface area contributed by atoms with Gasteiger partial charge in [0.05, 0.1) is 36.1 Å². The van der Waals surface area contributed by atoms with Crippen LogP contribution in [-0.4, -0.2) is 30.7 Å². The van der Waals surface area contributed by atoms with Crippen molar-refractivity contribution in [2.24, 2.45) is 4.99 Å². The first-order valence-corrected chi connectivity index (χ1v) is 11.3. The standard InChI is InChI=1S/C25H21FN2O6S/c1-13-21(24(31)33-4)22(16-7-10-18(34-14(2)29)19(12-16)32-3)28-23(30)20(35-25(28)27-13)11-15-5-8-17(26)9-6-15/h5-12,22H,1-4H3/b20-11-/t22-/m1/s1. The van der Waals surface area contributed by atoms with Gasteiger partial charge in [0.2, 0.25) is 0 Å². The van der Waals surface area contributed by atoms with E-state index in [4.69, 9.17) is 14.2 Å². The highest BCUT2D eigenvalue weighted by molar-refractivity contribution is 7.07. The number of allylic oxidation sites excluding steroid dienone is 1. The number of methoxy groups -OCH3 is 2. The van der Waals surface area contributed by atoms with Crippen LogP contribution in [-0.2, 0) is 14.3 Å². The van der Waals surface area contributed by atoms with Gasteiger partial charge in [0, 0.05) is 6.92 Å². The lowest BCUT2D eigenvalue weighted by molar-refractivity contribution is -0.136. The van der Waals surface area contributed by atoms with Crippen molar-refractivity contribution >= 4 is 29.4 Å². The maximum Gasteiger partial charge on any atom is 0.338 e. The van der Waals surface area contributed by atoms with Crippen molar-refractivity contribution in [2.75, 3.05) is 14.2 Å². The number of ether oxygens (including phenoxy) is 3. The Morgan fingerprint density at radius 2 is 1.83 bits per heavy atom. The molecular weight excluding hydrogens is 475 g/mol. The predicted molar refractivity (Wildman–Crippen MR) is 126 cm³/mol. The van der Waals surface area contributed by atoms with Crippen LogP contribution in [0, 0.1) is 5.82 Å². The van der Waals surface area contributed by atoms with E-state index in [1.54, 1.807) is 37.3 Å². The van der Waals surface area contributed by atoms with Crippen molar-refractivity contribution in [3.05, 3.63) is 90.4 Å². The molecule has 2 heterocycles. The molecule has 0 unspecified atom stereocenters. The lowest BCUT2D eigenvalue weighted by atomic mass is 9.95. The summed E-state index contributed by atoms with van der Waals surface area (Å²) in [6.45, 7) is 2.94. The summed E-state index contributed by atoms with van der Waals surface area (Å²) in [5.41, 5.74) is 1.39. The van der Waals surface area contributed by atoms with Gasteiger partial charge in [-0.05, 0) is 48.4 Å². The summed E-state index contributed by atoms with van der Waals surface area (Å²) in [5, 5.41) is 0. The summed E-state index contributed by atoms with van der Waals surface area (Å²) < 4.78 is 30.7. The van der Waals surface area contributed by atoms with E-state index in [2.05, 4.69) is 4.99 Å². The first-order chi connectivity index (χ1) is 16.7. The van der Waals surface area contributed by atoms with E-state index in [0.717, 1.165) is 11.3 Å². The molecule has 0 bridgehead atoms. The number of rotatable bonds is 5. The van der Waals surface area contributed by atoms with Crippen LogP contribution >= 0.6 is 11.3 Å². The van der Waals surface area contributed by atoms with Gasteiger partial charge in [-0.15, -0.1) is 0 Å². The van der Waals surface area contributed by atoms with Crippen LogP contribution in [0.3, 0.4) is 0 Å². The van der Waals surface area contributed by atoms with E-state index in [-0.39, 0.29) is 28.4 Å². The molecule has 0 radical (unpaired) electrons. The second-order valence-electron chi connectivity index (χ2n) is 7.63. The molecular formula is C25H21FN2O6S. The van der Waals surface area contributed by atoms with Gasteiger partial charge in [0.25, 0.3) is 5.56 Å². The van der Waals surface area contributed by atoms with E-state index < -0.39 is 18.0 Å². The smallest absolute Gasteiger partial charge is 0.338 e. The maximum atomic E-state index is 13.5. The van der Waals surface area contributed by atoms with Gasteiger partial charge in [-0.25, -0.2) is 14.2 Å². The molecule has 0 aliphatic carbocycles. The van der Waals surface area contributed by atoms with Crippen LogP contribution in [0.5, 0.6) is 11.5 Å². The van der Waals surface area contributed by atoms with Gasteiger partial charge in [0.1, 0.15) is 5.82 Å². The van der Waals surface area contributed by atoms with Crippen molar-refractivity contribution in [1.82, 2.24) is 4.57 Å². The third-order valence-electron chi connectivity index (χ3n) is 5.35. The Bertz CT molecular complexity index is 1540. The number of hydrogen-bond donors (Lipinski definition) is 0. The minimum atomic E-state index is -0.866. The van der Waals surface area contributed by atoms with Crippen molar-refractivity contribution in [1.29, 1.82) is 0 Å². The first kappa shape index (κ1) is 24.1. The number of esters is 2. The molecule has 2 aromatic carbocycles. The van der Waals surface area contributed by atoms with E-state index in [0.29, 0.717) is 26.2 Å². The van der Waals surface area contributed by atoms with Gasteiger partial charge in [-0.2, -0.15) is 0 Å². The predicted octanol–water partition coefficient (Wildman–Crippen LogP) is 2.48. The molecule has 10 heteroatoms. The van der Waals surface area contributed by atoms with Crippen molar-refractivity contribution in [3.63, 3.8) is 0 Å². The zero-order valence-electron chi connectivity index (χ0n) is 19.3. The Morgan fingerprint density at radius 1 is 1.11 bits per heavy atom. The first-order valence-electron chi connectivity index (χ1n) is 10.5. The number of nitrogens with zero attached hydrogens (tertiary/aromatic N) is 2. The molecule has 0 N–H and O–H groups in total. The number of carbonyl (C=O) groups is 2. The highest BCUT2D eigenvalue weighted by Gasteiger charge is 2.33. The fourth-order valence-corrected chi connectivity index (χ4v) is 4.86. The maximum absolute atomic E-state index is 13.5. The number of fused-ring (bicyclic) bond motifs is 1. The van der Waals surface area contributed by atoms with Crippen molar-refractivity contribution in [3.8, 4) is 11.5 Å². The monoisotopic (exact) mass is 496 g/mol. The minimum Gasteiger partial charge on any atom is -0.493 e.